The van der Waals surface area contributed by atoms with Crippen LogP contribution >= 0.6 is 0 Å². The van der Waals surface area contributed by atoms with Gasteiger partial charge >= 0.3 is 5.97 Å². The van der Waals surface area contributed by atoms with Gasteiger partial charge in [-0.3, -0.25) is 9.59 Å². The van der Waals surface area contributed by atoms with Crippen molar-refractivity contribution in [2.45, 2.75) is 13.3 Å². The van der Waals surface area contributed by atoms with E-state index >= 15 is 0 Å². The summed E-state index contributed by atoms with van der Waals surface area (Å²) in [6.45, 7) is 1.69. The largest absolute Gasteiger partial charge is 0.465 e. The standard InChI is InChI=1S/C13H16O4/c1-2-17-13(16)11(8-9-14)12(15)10-6-4-3-5-7-10/h3-7,11,14H,2,8-9H2,1H3. The van der Waals surface area contributed by atoms with Gasteiger partial charge in [-0.05, 0) is 13.3 Å². The summed E-state index contributed by atoms with van der Waals surface area (Å²) in [5.74, 6) is -1.80. The minimum Gasteiger partial charge on any atom is -0.465 e. The Labute approximate surface area is 100 Å². The van der Waals surface area contributed by atoms with Crippen molar-refractivity contribution in [3.05, 3.63) is 35.9 Å². The number of esters is 1. The van der Waals surface area contributed by atoms with Gasteiger partial charge in [-0.1, -0.05) is 30.3 Å². The average Bonchev–Trinajstić information content (AvgIpc) is 2.36. The van der Waals surface area contributed by atoms with Crippen molar-refractivity contribution in [2.75, 3.05) is 13.2 Å². The maximum Gasteiger partial charge on any atom is 0.316 e. The van der Waals surface area contributed by atoms with Crippen molar-refractivity contribution >= 4 is 11.8 Å². The lowest BCUT2D eigenvalue weighted by atomic mass is 9.95. The van der Waals surface area contributed by atoms with E-state index in [4.69, 9.17) is 9.84 Å². The number of hydrogen-bond acceptors (Lipinski definition) is 4. The molecule has 0 saturated carbocycles. The first kappa shape index (κ1) is 13.4. The smallest absolute Gasteiger partial charge is 0.316 e. The van der Waals surface area contributed by atoms with Gasteiger partial charge < -0.3 is 9.84 Å². The predicted octanol–water partition coefficient (Wildman–Crippen LogP) is 1.43. The van der Waals surface area contributed by atoms with Crippen LogP contribution in [0, 0.1) is 5.92 Å². The Bertz CT molecular complexity index is 372. The van der Waals surface area contributed by atoms with Crippen molar-refractivity contribution in [1.82, 2.24) is 0 Å². The molecule has 0 aliphatic carbocycles. The van der Waals surface area contributed by atoms with Gasteiger partial charge in [-0.25, -0.2) is 0 Å². The van der Waals surface area contributed by atoms with Crippen LogP contribution in [0.25, 0.3) is 0 Å². The third-order valence-electron chi connectivity index (χ3n) is 2.36. The molecule has 1 unspecified atom stereocenters. The minimum atomic E-state index is -0.914. The van der Waals surface area contributed by atoms with Crippen LogP contribution in [0.1, 0.15) is 23.7 Å². The molecule has 1 N–H and O–H groups in total. The predicted molar refractivity (Wildman–Crippen MR) is 62.6 cm³/mol. The number of aliphatic hydroxyl groups is 1. The maximum atomic E-state index is 12.0. The molecular weight excluding hydrogens is 220 g/mol. The molecule has 0 fully saturated rings. The number of Topliss-reactive ketones (excluding diaryl/α,β-unsaturated/α-hetero) is 1. The van der Waals surface area contributed by atoms with Crippen molar-refractivity contribution < 1.29 is 19.4 Å². The molecule has 1 rings (SSSR count). The fourth-order valence-electron chi connectivity index (χ4n) is 1.53. The van der Waals surface area contributed by atoms with E-state index in [0.29, 0.717) is 5.56 Å². The number of hydrogen-bond donors (Lipinski definition) is 1. The Hall–Kier alpha value is -1.68. The monoisotopic (exact) mass is 236 g/mol. The van der Waals surface area contributed by atoms with Crippen LogP contribution in [0.2, 0.25) is 0 Å². The van der Waals surface area contributed by atoms with E-state index in [1.165, 1.54) is 0 Å². The second-order valence-electron chi connectivity index (χ2n) is 3.55. The molecular formula is C13H16O4. The number of rotatable bonds is 6. The summed E-state index contributed by atoms with van der Waals surface area (Å²) >= 11 is 0. The number of aliphatic hydroxyl groups excluding tert-OH is 1. The van der Waals surface area contributed by atoms with E-state index in [1.807, 2.05) is 0 Å². The van der Waals surface area contributed by atoms with Crippen LogP contribution in [-0.2, 0) is 9.53 Å². The van der Waals surface area contributed by atoms with Gasteiger partial charge in [0.1, 0.15) is 5.92 Å². The van der Waals surface area contributed by atoms with E-state index in [1.54, 1.807) is 37.3 Å². The Balaban J connectivity index is 2.84. The average molecular weight is 236 g/mol. The minimum absolute atomic E-state index is 0.0898. The van der Waals surface area contributed by atoms with Crippen LogP contribution in [-0.4, -0.2) is 30.1 Å². The van der Waals surface area contributed by atoms with Gasteiger partial charge in [0.25, 0.3) is 0 Å². The summed E-state index contributed by atoms with van der Waals surface area (Å²) in [6, 6.07) is 8.54. The molecule has 0 heterocycles. The summed E-state index contributed by atoms with van der Waals surface area (Å²) in [7, 11) is 0. The van der Waals surface area contributed by atoms with Crippen LogP contribution in [0.4, 0.5) is 0 Å². The molecule has 4 heteroatoms. The Kier molecular flexibility index (Phi) is 5.36. The first-order valence-corrected chi connectivity index (χ1v) is 5.57. The molecule has 1 aromatic rings. The summed E-state index contributed by atoms with van der Waals surface area (Å²) in [4.78, 5) is 23.6. The molecule has 1 atom stereocenters. The first-order valence-electron chi connectivity index (χ1n) is 5.57. The van der Waals surface area contributed by atoms with E-state index in [9.17, 15) is 9.59 Å². The van der Waals surface area contributed by atoms with Crippen LogP contribution in [0.5, 0.6) is 0 Å². The molecule has 0 aliphatic rings. The van der Waals surface area contributed by atoms with Crippen molar-refractivity contribution in [3.63, 3.8) is 0 Å². The molecule has 1 aromatic carbocycles. The third-order valence-corrected chi connectivity index (χ3v) is 2.36. The SMILES string of the molecule is CCOC(=O)C(CCO)C(=O)c1ccccc1. The van der Waals surface area contributed by atoms with Crippen LogP contribution in [0.3, 0.4) is 0 Å². The number of carbonyl (C=O) groups excluding carboxylic acids is 2. The normalized spacial score (nSPS) is 11.9. The quantitative estimate of drug-likeness (QED) is 0.461. The molecule has 0 amide bonds. The molecule has 0 spiro atoms. The zero-order chi connectivity index (χ0) is 12.7. The highest BCUT2D eigenvalue weighted by Gasteiger charge is 2.28. The topological polar surface area (TPSA) is 63.6 Å². The fourth-order valence-corrected chi connectivity index (χ4v) is 1.53. The lowest BCUT2D eigenvalue weighted by molar-refractivity contribution is -0.146. The first-order chi connectivity index (χ1) is 8.20. The summed E-state index contributed by atoms with van der Waals surface area (Å²) in [6.07, 6.45) is 0.0898. The second-order valence-corrected chi connectivity index (χ2v) is 3.55. The fraction of sp³-hybridized carbons (Fsp3) is 0.385. The molecule has 17 heavy (non-hydrogen) atoms. The second kappa shape index (κ2) is 6.81. The molecule has 0 aromatic heterocycles. The van der Waals surface area contributed by atoms with E-state index < -0.39 is 11.9 Å². The number of ether oxygens (including phenoxy) is 1. The van der Waals surface area contributed by atoms with Gasteiger partial charge in [0.15, 0.2) is 5.78 Å². The van der Waals surface area contributed by atoms with Crippen LogP contribution in [0.15, 0.2) is 30.3 Å². The Morgan fingerprint density at radius 2 is 1.94 bits per heavy atom. The highest BCUT2D eigenvalue weighted by atomic mass is 16.5. The molecule has 0 bridgehead atoms. The van der Waals surface area contributed by atoms with Gasteiger partial charge in [0.2, 0.25) is 0 Å². The van der Waals surface area contributed by atoms with Gasteiger partial charge in [0, 0.05) is 12.2 Å². The van der Waals surface area contributed by atoms with Gasteiger partial charge in [0.05, 0.1) is 6.61 Å². The van der Waals surface area contributed by atoms with Crippen molar-refractivity contribution in [1.29, 1.82) is 0 Å². The highest BCUT2D eigenvalue weighted by molar-refractivity contribution is 6.08. The van der Waals surface area contributed by atoms with Gasteiger partial charge in [-0.2, -0.15) is 0 Å². The Morgan fingerprint density at radius 3 is 2.47 bits per heavy atom. The molecule has 0 saturated heterocycles. The summed E-state index contributed by atoms with van der Waals surface area (Å²) in [5, 5.41) is 8.89. The van der Waals surface area contributed by atoms with E-state index in [0.717, 1.165) is 0 Å². The lowest BCUT2D eigenvalue weighted by Crippen LogP contribution is -2.27. The molecule has 0 aliphatic heterocycles. The van der Waals surface area contributed by atoms with E-state index in [2.05, 4.69) is 0 Å². The summed E-state index contributed by atoms with van der Waals surface area (Å²) < 4.78 is 4.83. The Morgan fingerprint density at radius 1 is 1.29 bits per heavy atom. The van der Waals surface area contributed by atoms with Crippen molar-refractivity contribution in [2.24, 2.45) is 5.92 Å². The zero-order valence-corrected chi connectivity index (χ0v) is 9.76. The maximum absolute atomic E-state index is 12.0. The number of carbonyl (C=O) groups is 2. The highest BCUT2D eigenvalue weighted by Crippen LogP contribution is 2.14. The van der Waals surface area contributed by atoms with Crippen molar-refractivity contribution in [3.8, 4) is 0 Å². The number of benzene rings is 1. The van der Waals surface area contributed by atoms with Crippen LogP contribution < -0.4 is 0 Å². The molecule has 0 radical (unpaired) electrons. The summed E-state index contributed by atoms with van der Waals surface area (Å²) in [5.41, 5.74) is 0.457. The lowest BCUT2D eigenvalue weighted by Gasteiger charge is -2.13. The van der Waals surface area contributed by atoms with E-state index in [-0.39, 0.29) is 25.4 Å². The third kappa shape index (κ3) is 3.67. The number of ketones is 1. The van der Waals surface area contributed by atoms with Gasteiger partial charge in [-0.15, -0.1) is 0 Å². The zero-order valence-electron chi connectivity index (χ0n) is 9.76. The molecule has 4 nitrogen and oxygen atoms in total. The molecule has 92 valence electrons.